The molecule has 3 rings (SSSR count). The van der Waals surface area contributed by atoms with Crippen molar-refractivity contribution in [3.8, 4) is 0 Å². The molecule has 0 aliphatic carbocycles. The van der Waals surface area contributed by atoms with Crippen LogP contribution in [0.1, 0.15) is 39.3 Å². The van der Waals surface area contributed by atoms with E-state index in [0.717, 1.165) is 31.6 Å². The van der Waals surface area contributed by atoms with Crippen molar-refractivity contribution in [2.75, 3.05) is 19.7 Å². The van der Waals surface area contributed by atoms with E-state index >= 15 is 0 Å². The highest BCUT2D eigenvalue weighted by molar-refractivity contribution is 5.06. The van der Waals surface area contributed by atoms with Crippen LogP contribution in [0.4, 0.5) is 0 Å². The zero-order chi connectivity index (χ0) is 16.4. The van der Waals surface area contributed by atoms with Gasteiger partial charge < -0.3 is 20.5 Å². The Kier molecular flexibility index (Phi) is 5.01. The highest BCUT2D eigenvalue weighted by Gasteiger charge is 2.38. The fraction of sp³-hybridized carbons (Fsp3) is 0.875. The standard InChI is InChI=1S/C16H29N5O2/c1-16(2,3)14-9-21(20-19-14)8-13-15(12(22)10-23-13)18-11-4-6-17-7-5-11/h9,11-13,15,17-18,22H,4-8,10H2,1-3H3/t12-,13+,15+/m0/s1. The molecule has 3 N–H and O–H groups in total. The Morgan fingerprint density at radius 1 is 1.39 bits per heavy atom. The van der Waals surface area contributed by atoms with Gasteiger partial charge in [-0.1, -0.05) is 26.0 Å². The summed E-state index contributed by atoms with van der Waals surface area (Å²) < 4.78 is 7.64. The van der Waals surface area contributed by atoms with Gasteiger partial charge in [0.2, 0.25) is 0 Å². The van der Waals surface area contributed by atoms with Crippen molar-refractivity contribution in [3.05, 3.63) is 11.9 Å². The second kappa shape index (κ2) is 6.84. The van der Waals surface area contributed by atoms with Crippen LogP contribution >= 0.6 is 0 Å². The van der Waals surface area contributed by atoms with Gasteiger partial charge >= 0.3 is 0 Å². The molecule has 7 nitrogen and oxygen atoms in total. The number of rotatable bonds is 4. The monoisotopic (exact) mass is 323 g/mol. The minimum absolute atomic E-state index is 0.0129. The van der Waals surface area contributed by atoms with E-state index in [1.54, 1.807) is 0 Å². The Bertz CT molecular complexity index is 507. The molecule has 2 saturated heterocycles. The summed E-state index contributed by atoms with van der Waals surface area (Å²) in [5, 5.41) is 25.7. The number of aromatic nitrogens is 3. The minimum Gasteiger partial charge on any atom is -0.389 e. The molecule has 0 unspecified atom stereocenters. The lowest BCUT2D eigenvalue weighted by molar-refractivity contribution is 0.0730. The van der Waals surface area contributed by atoms with E-state index in [1.165, 1.54) is 0 Å². The van der Waals surface area contributed by atoms with Gasteiger partial charge in [0, 0.05) is 17.7 Å². The zero-order valence-electron chi connectivity index (χ0n) is 14.3. The van der Waals surface area contributed by atoms with Crippen molar-refractivity contribution in [2.45, 2.75) is 69.9 Å². The van der Waals surface area contributed by atoms with E-state index in [-0.39, 0.29) is 17.6 Å². The summed E-state index contributed by atoms with van der Waals surface area (Å²) in [5.74, 6) is 0. The maximum atomic E-state index is 10.3. The topological polar surface area (TPSA) is 84.2 Å². The maximum Gasteiger partial charge on any atom is 0.0952 e. The van der Waals surface area contributed by atoms with Gasteiger partial charge in [-0.2, -0.15) is 0 Å². The van der Waals surface area contributed by atoms with Crippen LogP contribution in [0, 0.1) is 0 Å². The first kappa shape index (κ1) is 16.8. The first-order valence-electron chi connectivity index (χ1n) is 8.60. The molecular formula is C16H29N5O2. The molecule has 130 valence electrons. The summed E-state index contributed by atoms with van der Waals surface area (Å²) in [7, 11) is 0. The zero-order valence-corrected chi connectivity index (χ0v) is 14.3. The van der Waals surface area contributed by atoms with Crippen LogP contribution in [0.5, 0.6) is 0 Å². The summed E-state index contributed by atoms with van der Waals surface area (Å²) in [6.45, 7) is 9.43. The summed E-state index contributed by atoms with van der Waals surface area (Å²) in [6.07, 6.45) is 3.63. The van der Waals surface area contributed by atoms with Crippen LogP contribution in [-0.2, 0) is 16.7 Å². The van der Waals surface area contributed by atoms with Crippen molar-refractivity contribution in [3.63, 3.8) is 0 Å². The Balaban J connectivity index is 1.62. The third kappa shape index (κ3) is 4.09. The largest absolute Gasteiger partial charge is 0.389 e. The van der Waals surface area contributed by atoms with Crippen molar-refractivity contribution in [2.24, 2.45) is 0 Å². The molecule has 2 fully saturated rings. The predicted octanol–water partition coefficient (Wildman–Crippen LogP) is 0.0455. The number of aliphatic hydroxyl groups is 1. The van der Waals surface area contributed by atoms with E-state index in [1.807, 2.05) is 10.9 Å². The van der Waals surface area contributed by atoms with Crippen molar-refractivity contribution < 1.29 is 9.84 Å². The fourth-order valence-corrected chi connectivity index (χ4v) is 3.24. The SMILES string of the molecule is CC(C)(C)c1cn(C[C@H]2OC[C@H](O)[C@H]2NC2CCNCC2)nn1. The first-order valence-corrected chi connectivity index (χ1v) is 8.60. The molecule has 2 aliphatic heterocycles. The van der Waals surface area contributed by atoms with Crippen molar-refractivity contribution >= 4 is 0 Å². The first-order chi connectivity index (χ1) is 10.9. The molecule has 0 aromatic carbocycles. The Morgan fingerprint density at radius 3 is 2.78 bits per heavy atom. The summed E-state index contributed by atoms with van der Waals surface area (Å²) in [5.41, 5.74) is 0.958. The normalized spacial score (nSPS) is 30.0. The molecule has 0 saturated carbocycles. The van der Waals surface area contributed by atoms with E-state index in [9.17, 15) is 5.11 Å². The molecule has 1 aromatic heterocycles. The second-order valence-electron chi connectivity index (χ2n) is 7.73. The van der Waals surface area contributed by atoms with Gasteiger partial charge in [-0.25, -0.2) is 4.68 Å². The van der Waals surface area contributed by atoms with Gasteiger partial charge in [0.05, 0.1) is 37.1 Å². The van der Waals surface area contributed by atoms with Gasteiger partial charge in [-0.05, 0) is 25.9 Å². The molecule has 0 spiro atoms. The number of piperidine rings is 1. The minimum atomic E-state index is -0.458. The van der Waals surface area contributed by atoms with Crippen LogP contribution in [0.15, 0.2) is 6.20 Å². The van der Waals surface area contributed by atoms with Gasteiger partial charge in [0.1, 0.15) is 0 Å². The fourth-order valence-electron chi connectivity index (χ4n) is 3.24. The van der Waals surface area contributed by atoms with Crippen molar-refractivity contribution in [1.29, 1.82) is 0 Å². The van der Waals surface area contributed by atoms with Gasteiger partial charge in [-0.3, -0.25) is 0 Å². The molecule has 3 atom stereocenters. The highest BCUT2D eigenvalue weighted by atomic mass is 16.5. The average molecular weight is 323 g/mol. The number of nitrogens with one attached hydrogen (secondary N) is 2. The van der Waals surface area contributed by atoms with Gasteiger partial charge in [0.25, 0.3) is 0 Å². The predicted molar refractivity (Wildman–Crippen MR) is 87.3 cm³/mol. The van der Waals surface area contributed by atoms with E-state index in [4.69, 9.17) is 4.74 Å². The highest BCUT2D eigenvalue weighted by Crippen LogP contribution is 2.21. The third-order valence-electron chi connectivity index (χ3n) is 4.74. The van der Waals surface area contributed by atoms with Crippen LogP contribution in [-0.4, -0.2) is 64.1 Å². The molecular weight excluding hydrogens is 294 g/mol. The molecule has 0 bridgehead atoms. The van der Waals surface area contributed by atoms with Crippen LogP contribution in [0.25, 0.3) is 0 Å². The number of hydrogen-bond donors (Lipinski definition) is 3. The molecule has 3 heterocycles. The van der Waals surface area contributed by atoms with Gasteiger partial charge in [0.15, 0.2) is 0 Å². The Labute approximate surface area is 137 Å². The van der Waals surface area contributed by atoms with Crippen LogP contribution < -0.4 is 10.6 Å². The van der Waals surface area contributed by atoms with Crippen LogP contribution in [0.2, 0.25) is 0 Å². The van der Waals surface area contributed by atoms with E-state index < -0.39 is 6.10 Å². The lowest BCUT2D eigenvalue weighted by atomic mass is 9.93. The maximum absolute atomic E-state index is 10.3. The summed E-state index contributed by atoms with van der Waals surface area (Å²) in [6, 6.07) is 0.404. The molecule has 1 aromatic rings. The summed E-state index contributed by atoms with van der Waals surface area (Å²) >= 11 is 0. The third-order valence-corrected chi connectivity index (χ3v) is 4.74. The smallest absolute Gasteiger partial charge is 0.0952 e. The number of ether oxygens (including phenoxy) is 1. The van der Waals surface area contributed by atoms with Crippen LogP contribution in [0.3, 0.4) is 0 Å². The lowest BCUT2D eigenvalue weighted by Gasteiger charge is -2.30. The van der Waals surface area contributed by atoms with Gasteiger partial charge in [-0.15, -0.1) is 5.10 Å². The summed E-state index contributed by atoms with van der Waals surface area (Å²) in [4.78, 5) is 0. The molecule has 2 aliphatic rings. The molecule has 23 heavy (non-hydrogen) atoms. The molecule has 0 radical (unpaired) electrons. The molecule has 0 amide bonds. The quantitative estimate of drug-likeness (QED) is 0.726. The van der Waals surface area contributed by atoms with E-state index in [0.29, 0.717) is 19.2 Å². The number of hydrogen-bond acceptors (Lipinski definition) is 6. The number of aliphatic hydroxyl groups excluding tert-OH is 1. The number of nitrogens with zero attached hydrogens (tertiary/aromatic N) is 3. The van der Waals surface area contributed by atoms with E-state index in [2.05, 4.69) is 41.7 Å². The Morgan fingerprint density at radius 2 is 2.13 bits per heavy atom. The molecule has 7 heteroatoms. The average Bonchev–Trinajstić information content (AvgIpc) is 3.10. The van der Waals surface area contributed by atoms with Crippen molar-refractivity contribution in [1.82, 2.24) is 25.6 Å². The second-order valence-corrected chi connectivity index (χ2v) is 7.73. The Hall–Kier alpha value is -1.02. The lowest BCUT2D eigenvalue weighted by Crippen LogP contribution is -2.52.